The van der Waals surface area contributed by atoms with Crippen molar-refractivity contribution in [3.05, 3.63) is 94.6 Å². The number of rotatable bonds is 6. The number of halogens is 4. The van der Waals surface area contributed by atoms with Crippen LogP contribution < -0.4 is 10.6 Å². The fourth-order valence-electron chi connectivity index (χ4n) is 2.57. The summed E-state index contributed by atoms with van der Waals surface area (Å²) in [7, 11) is 0. The molecule has 2 aromatic heterocycles. The van der Waals surface area contributed by atoms with Crippen LogP contribution in [0.15, 0.2) is 49.1 Å². The van der Waals surface area contributed by atoms with E-state index in [-0.39, 0.29) is 11.1 Å². The molecule has 0 aliphatic heterocycles. The second-order valence-electron chi connectivity index (χ2n) is 6.06. The van der Waals surface area contributed by atoms with Gasteiger partial charge in [0.1, 0.15) is 0 Å². The molecule has 0 spiro atoms. The number of carbonyl (C=O) groups excluding carboxylic acids is 2. The van der Waals surface area contributed by atoms with Crippen LogP contribution in [0.3, 0.4) is 0 Å². The van der Waals surface area contributed by atoms with Crippen molar-refractivity contribution >= 4 is 11.8 Å². The number of nitrogens with one attached hydrogen (secondary N) is 2. The standard InChI is InChI=1S/C20H14F4N4O2/c21-15-13(9-27-19(29)11-3-1-5-25-7-11)16(22)18(24)14(17(15)23)10-28-20(30)12-4-2-6-26-8-12/h1-8H,9-10H2,(H,27,29)(H,28,30). The Hall–Kier alpha value is -3.82. The number of nitrogens with zero attached hydrogens (tertiary/aromatic N) is 2. The van der Waals surface area contributed by atoms with E-state index in [0.29, 0.717) is 0 Å². The van der Waals surface area contributed by atoms with Crippen molar-refractivity contribution in [2.75, 3.05) is 0 Å². The van der Waals surface area contributed by atoms with Crippen LogP contribution in [0.2, 0.25) is 0 Å². The van der Waals surface area contributed by atoms with Gasteiger partial charge in [-0.3, -0.25) is 19.6 Å². The summed E-state index contributed by atoms with van der Waals surface area (Å²) in [6.45, 7) is -1.58. The minimum atomic E-state index is -1.66. The molecule has 0 radical (unpaired) electrons. The first-order valence-corrected chi connectivity index (χ1v) is 8.60. The maximum absolute atomic E-state index is 14.3. The lowest BCUT2D eigenvalue weighted by Gasteiger charge is -2.13. The number of hydrogen-bond acceptors (Lipinski definition) is 4. The van der Waals surface area contributed by atoms with Gasteiger partial charge in [0.15, 0.2) is 23.3 Å². The van der Waals surface area contributed by atoms with Crippen LogP contribution in [0.5, 0.6) is 0 Å². The van der Waals surface area contributed by atoms with Crippen LogP contribution in [0.25, 0.3) is 0 Å². The van der Waals surface area contributed by atoms with Crippen LogP contribution in [0.1, 0.15) is 31.8 Å². The third kappa shape index (κ3) is 4.43. The molecule has 0 unspecified atom stereocenters. The normalized spacial score (nSPS) is 10.5. The predicted molar refractivity (Wildman–Crippen MR) is 97.1 cm³/mol. The summed E-state index contributed by atoms with van der Waals surface area (Å²) in [6, 6.07) is 5.77. The molecule has 0 aliphatic rings. The Morgan fingerprint density at radius 2 is 1.07 bits per heavy atom. The van der Waals surface area contributed by atoms with Crippen LogP contribution in [0.4, 0.5) is 17.6 Å². The molecule has 2 N–H and O–H groups in total. The second kappa shape index (κ2) is 9.12. The minimum absolute atomic E-state index is 0.106. The summed E-state index contributed by atoms with van der Waals surface area (Å²) in [5.41, 5.74) is -1.75. The molecule has 10 heteroatoms. The Labute approximate surface area is 168 Å². The average molecular weight is 418 g/mol. The van der Waals surface area contributed by atoms with E-state index < -0.39 is 59.3 Å². The van der Waals surface area contributed by atoms with E-state index in [9.17, 15) is 27.2 Å². The van der Waals surface area contributed by atoms with Gasteiger partial charge in [-0.2, -0.15) is 0 Å². The molecule has 0 atom stereocenters. The highest BCUT2D eigenvalue weighted by atomic mass is 19.2. The van der Waals surface area contributed by atoms with Crippen molar-refractivity contribution in [3.63, 3.8) is 0 Å². The van der Waals surface area contributed by atoms with Crippen molar-refractivity contribution < 1.29 is 27.2 Å². The van der Waals surface area contributed by atoms with Gasteiger partial charge in [-0.15, -0.1) is 0 Å². The zero-order chi connectivity index (χ0) is 21.7. The molecule has 1 aromatic carbocycles. The fraction of sp³-hybridized carbons (Fsp3) is 0.100. The molecule has 2 amide bonds. The van der Waals surface area contributed by atoms with Gasteiger partial charge in [0.25, 0.3) is 11.8 Å². The molecule has 3 rings (SSSR count). The molecular weight excluding hydrogens is 404 g/mol. The van der Waals surface area contributed by atoms with E-state index in [1.165, 1.54) is 49.1 Å². The van der Waals surface area contributed by atoms with Gasteiger partial charge in [-0.1, -0.05) is 0 Å². The zero-order valence-electron chi connectivity index (χ0n) is 15.3. The number of benzene rings is 1. The number of hydrogen-bond donors (Lipinski definition) is 2. The molecule has 0 bridgehead atoms. The van der Waals surface area contributed by atoms with E-state index in [0.717, 1.165) is 0 Å². The number of aromatic nitrogens is 2. The van der Waals surface area contributed by atoms with Crippen molar-refractivity contribution in [3.8, 4) is 0 Å². The van der Waals surface area contributed by atoms with Crippen molar-refractivity contribution in [1.82, 2.24) is 20.6 Å². The Morgan fingerprint density at radius 1 is 0.700 bits per heavy atom. The first-order chi connectivity index (χ1) is 14.4. The van der Waals surface area contributed by atoms with Crippen LogP contribution in [-0.2, 0) is 13.1 Å². The van der Waals surface area contributed by atoms with Crippen LogP contribution in [-0.4, -0.2) is 21.8 Å². The third-order valence-electron chi connectivity index (χ3n) is 4.14. The molecule has 6 nitrogen and oxygen atoms in total. The van der Waals surface area contributed by atoms with E-state index in [1.807, 2.05) is 0 Å². The summed E-state index contributed by atoms with van der Waals surface area (Å²) in [4.78, 5) is 31.4. The fourth-order valence-corrected chi connectivity index (χ4v) is 2.57. The largest absolute Gasteiger partial charge is 0.348 e. The maximum atomic E-state index is 14.3. The van der Waals surface area contributed by atoms with Crippen LogP contribution >= 0.6 is 0 Å². The van der Waals surface area contributed by atoms with Gasteiger partial charge < -0.3 is 10.6 Å². The number of pyridine rings is 2. The zero-order valence-corrected chi connectivity index (χ0v) is 15.3. The van der Waals surface area contributed by atoms with Gasteiger partial charge in [0, 0.05) is 49.0 Å². The Balaban J connectivity index is 1.76. The first kappa shape index (κ1) is 20.9. The van der Waals surface area contributed by atoms with Gasteiger partial charge in [-0.25, -0.2) is 17.6 Å². The predicted octanol–water partition coefficient (Wildman–Crippen LogP) is 2.89. The first-order valence-electron chi connectivity index (χ1n) is 8.60. The molecule has 0 saturated carbocycles. The smallest absolute Gasteiger partial charge is 0.253 e. The monoisotopic (exact) mass is 418 g/mol. The summed E-state index contributed by atoms with van der Waals surface area (Å²) in [5.74, 6) is -8.10. The maximum Gasteiger partial charge on any atom is 0.253 e. The van der Waals surface area contributed by atoms with E-state index in [4.69, 9.17) is 0 Å². The molecule has 154 valence electrons. The second-order valence-corrected chi connectivity index (χ2v) is 6.06. The molecule has 0 aliphatic carbocycles. The molecule has 3 aromatic rings. The van der Waals surface area contributed by atoms with E-state index >= 15 is 0 Å². The average Bonchev–Trinajstić information content (AvgIpc) is 2.78. The highest BCUT2D eigenvalue weighted by molar-refractivity contribution is 5.94. The number of amides is 2. The minimum Gasteiger partial charge on any atom is -0.348 e. The number of carbonyl (C=O) groups is 2. The molecule has 0 saturated heterocycles. The quantitative estimate of drug-likeness (QED) is 0.476. The van der Waals surface area contributed by atoms with Crippen molar-refractivity contribution in [1.29, 1.82) is 0 Å². The highest BCUT2D eigenvalue weighted by Crippen LogP contribution is 2.24. The van der Waals surface area contributed by atoms with Gasteiger partial charge >= 0.3 is 0 Å². The molecule has 0 fully saturated rings. The Morgan fingerprint density at radius 3 is 1.37 bits per heavy atom. The SMILES string of the molecule is O=C(NCc1c(F)c(F)c(CNC(=O)c2cccnc2)c(F)c1F)c1cccnc1. The topological polar surface area (TPSA) is 84.0 Å². The van der Waals surface area contributed by atoms with Crippen molar-refractivity contribution in [2.24, 2.45) is 0 Å². The van der Waals surface area contributed by atoms with Gasteiger partial charge in [0.05, 0.1) is 11.1 Å². The van der Waals surface area contributed by atoms with Gasteiger partial charge in [-0.05, 0) is 24.3 Å². The Kier molecular flexibility index (Phi) is 6.35. The summed E-state index contributed by atoms with van der Waals surface area (Å²) in [6.07, 6.45) is 5.29. The molecule has 30 heavy (non-hydrogen) atoms. The highest BCUT2D eigenvalue weighted by Gasteiger charge is 2.26. The van der Waals surface area contributed by atoms with Crippen molar-refractivity contribution in [2.45, 2.75) is 13.1 Å². The molecule has 2 heterocycles. The van der Waals surface area contributed by atoms with E-state index in [1.54, 1.807) is 0 Å². The summed E-state index contributed by atoms with van der Waals surface area (Å²) in [5, 5.41) is 4.35. The lowest BCUT2D eigenvalue weighted by atomic mass is 10.1. The lowest BCUT2D eigenvalue weighted by molar-refractivity contribution is 0.0940. The Bertz CT molecular complexity index is 964. The van der Waals surface area contributed by atoms with Gasteiger partial charge in [0.2, 0.25) is 0 Å². The summed E-state index contributed by atoms with van der Waals surface area (Å²) >= 11 is 0. The summed E-state index contributed by atoms with van der Waals surface area (Å²) < 4.78 is 57.3. The van der Waals surface area contributed by atoms with Crippen LogP contribution in [0, 0.1) is 23.3 Å². The lowest BCUT2D eigenvalue weighted by Crippen LogP contribution is -2.27. The third-order valence-corrected chi connectivity index (χ3v) is 4.14. The molecular formula is C20H14F4N4O2. The van der Waals surface area contributed by atoms with E-state index in [2.05, 4.69) is 20.6 Å².